The average molecular weight is 276 g/mol. The van der Waals surface area contributed by atoms with Gasteiger partial charge < -0.3 is 4.74 Å². The van der Waals surface area contributed by atoms with Gasteiger partial charge in [0.05, 0.1) is 7.11 Å². The number of halogens is 4. The average Bonchev–Trinajstić information content (AvgIpc) is 2.71. The molecule has 1 heterocycles. The van der Waals surface area contributed by atoms with Crippen LogP contribution in [0.4, 0.5) is 13.2 Å². The highest BCUT2D eigenvalue weighted by Crippen LogP contribution is 2.34. The topological polar surface area (TPSA) is 35.7 Å². The number of hydrogen-bond donors (Lipinski definition) is 0. The lowest BCUT2D eigenvalue weighted by Crippen LogP contribution is -2.17. The van der Waals surface area contributed by atoms with Gasteiger partial charge in [0.1, 0.15) is 16.5 Å². The van der Waals surface area contributed by atoms with E-state index in [1.165, 1.54) is 13.2 Å². The first-order valence-electron chi connectivity index (χ1n) is 4.84. The third-order valence-electron chi connectivity index (χ3n) is 2.28. The summed E-state index contributed by atoms with van der Waals surface area (Å²) in [6.45, 7) is 0. The van der Waals surface area contributed by atoms with Crippen molar-refractivity contribution in [2.45, 2.75) is 6.18 Å². The Morgan fingerprint density at radius 1 is 1.28 bits per heavy atom. The zero-order valence-electron chi connectivity index (χ0n) is 9.12. The summed E-state index contributed by atoms with van der Waals surface area (Å²) in [6.07, 6.45) is -4.61. The Labute approximate surface area is 106 Å². The van der Waals surface area contributed by atoms with Gasteiger partial charge in [0.2, 0.25) is 0 Å². The van der Waals surface area contributed by atoms with Gasteiger partial charge >= 0.3 is 6.18 Å². The molecule has 1 aromatic carbocycles. The van der Waals surface area contributed by atoms with E-state index in [9.17, 15) is 13.2 Å². The molecule has 3 nitrogen and oxygen atoms in total. The molecular formula is C11H7ClF3N2O. The highest BCUT2D eigenvalue weighted by atomic mass is 35.5. The third-order valence-corrected chi connectivity index (χ3v) is 2.64. The number of alkyl halides is 3. The fraction of sp³-hybridized carbons (Fsp3) is 0.182. The predicted molar refractivity (Wildman–Crippen MR) is 60.6 cm³/mol. The molecule has 1 aromatic rings. The Balaban J connectivity index is 2.39. The molecule has 18 heavy (non-hydrogen) atoms. The predicted octanol–water partition coefficient (Wildman–Crippen LogP) is 3.03. The van der Waals surface area contributed by atoms with Crippen molar-refractivity contribution >= 4 is 17.3 Å². The number of benzene rings is 1. The molecule has 1 aliphatic heterocycles. The summed E-state index contributed by atoms with van der Waals surface area (Å²) < 4.78 is 42.5. The summed E-state index contributed by atoms with van der Waals surface area (Å²) in [7, 11) is 1.46. The molecule has 0 aromatic heterocycles. The fourth-order valence-electron chi connectivity index (χ4n) is 1.44. The number of ether oxygens (including phenoxy) is 1. The van der Waals surface area contributed by atoms with E-state index in [0.717, 1.165) is 0 Å². The molecule has 7 heteroatoms. The summed E-state index contributed by atoms with van der Waals surface area (Å²) in [5.41, 5.74) is 2.30. The first-order valence-corrected chi connectivity index (χ1v) is 5.21. The molecule has 0 fully saturated rings. The summed E-state index contributed by atoms with van der Waals surface area (Å²) >= 11 is 5.65. The van der Waals surface area contributed by atoms with Gasteiger partial charge in [0, 0.05) is 5.56 Å². The van der Waals surface area contributed by atoms with Gasteiger partial charge in [-0.25, -0.2) is 0 Å². The summed E-state index contributed by atoms with van der Waals surface area (Å²) in [4.78, 5) is 0. The van der Waals surface area contributed by atoms with Crippen LogP contribution < -0.4 is 10.2 Å². The van der Waals surface area contributed by atoms with Gasteiger partial charge in [-0.1, -0.05) is 23.7 Å². The number of nitrogens with zero attached hydrogens (tertiary/aromatic N) is 2. The van der Waals surface area contributed by atoms with Gasteiger partial charge in [0.25, 0.3) is 0 Å². The normalized spacial score (nSPS) is 15.5. The van der Waals surface area contributed by atoms with E-state index < -0.39 is 16.9 Å². The Morgan fingerprint density at radius 3 is 2.56 bits per heavy atom. The summed E-state index contributed by atoms with van der Waals surface area (Å²) in [6, 6.07) is 6.42. The second-order valence-corrected chi connectivity index (χ2v) is 3.82. The van der Waals surface area contributed by atoms with Crippen molar-refractivity contribution in [3.8, 4) is 5.75 Å². The minimum Gasteiger partial charge on any atom is -0.497 e. The van der Waals surface area contributed by atoms with Crippen LogP contribution in [0.3, 0.4) is 0 Å². The highest BCUT2D eigenvalue weighted by Gasteiger charge is 2.42. The van der Waals surface area contributed by atoms with E-state index in [1.54, 1.807) is 18.2 Å². The van der Waals surface area contributed by atoms with E-state index in [2.05, 4.69) is 10.5 Å². The van der Waals surface area contributed by atoms with Crippen LogP contribution in [0, 0.1) is 0 Å². The molecule has 1 radical (unpaired) electrons. The van der Waals surface area contributed by atoms with Crippen molar-refractivity contribution in [1.29, 1.82) is 0 Å². The largest absolute Gasteiger partial charge is 0.497 e. The fourth-order valence-corrected chi connectivity index (χ4v) is 1.73. The molecule has 0 bridgehead atoms. The zero-order valence-corrected chi connectivity index (χ0v) is 9.88. The monoisotopic (exact) mass is 275 g/mol. The van der Waals surface area contributed by atoms with Crippen molar-refractivity contribution in [2.75, 3.05) is 7.11 Å². The molecule has 0 unspecified atom stereocenters. The number of rotatable bonds is 2. The molecule has 95 valence electrons. The minimum absolute atomic E-state index is 0.0112. The van der Waals surface area contributed by atoms with Gasteiger partial charge in [0.15, 0.2) is 5.70 Å². The summed E-state index contributed by atoms with van der Waals surface area (Å²) in [5.74, 6) is 0.500. The van der Waals surface area contributed by atoms with Crippen molar-refractivity contribution in [1.82, 2.24) is 5.43 Å². The molecule has 0 N–H and O–H groups in total. The van der Waals surface area contributed by atoms with Crippen LogP contribution in [0.15, 0.2) is 40.1 Å². The molecular weight excluding hydrogens is 269 g/mol. The molecule has 0 amide bonds. The summed E-state index contributed by atoms with van der Waals surface area (Å²) in [5, 5.41) is 2.97. The van der Waals surface area contributed by atoms with Crippen molar-refractivity contribution < 1.29 is 17.9 Å². The molecule has 0 saturated heterocycles. The van der Waals surface area contributed by atoms with Gasteiger partial charge in [-0.05, 0) is 12.1 Å². The van der Waals surface area contributed by atoms with Crippen LogP contribution in [0.1, 0.15) is 5.56 Å². The second-order valence-electron chi connectivity index (χ2n) is 3.44. The quantitative estimate of drug-likeness (QED) is 0.817. The Bertz CT molecular complexity index is 537. The van der Waals surface area contributed by atoms with Crippen LogP contribution in [-0.2, 0) is 0 Å². The van der Waals surface area contributed by atoms with E-state index >= 15 is 0 Å². The molecule has 0 atom stereocenters. The lowest BCUT2D eigenvalue weighted by molar-refractivity contribution is -0.0966. The SMILES string of the molecule is COc1cccc(C2=N[N]C(C(F)(F)F)=C2Cl)c1. The Morgan fingerprint density at radius 2 is 2.00 bits per heavy atom. The van der Waals surface area contributed by atoms with Crippen molar-refractivity contribution in [2.24, 2.45) is 5.10 Å². The lowest BCUT2D eigenvalue weighted by atomic mass is 10.1. The highest BCUT2D eigenvalue weighted by molar-refractivity contribution is 6.47. The van der Waals surface area contributed by atoms with Crippen LogP contribution in [0.25, 0.3) is 0 Å². The van der Waals surface area contributed by atoms with Gasteiger partial charge in [-0.3, -0.25) is 0 Å². The molecule has 0 spiro atoms. The van der Waals surface area contributed by atoms with Gasteiger partial charge in [-0.15, -0.1) is 10.5 Å². The maximum absolute atomic E-state index is 12.5. The molecule has 0 saturated carbocycles. The van der Waals surface area contributed by atoms with Crippen LogP contribution in [0.5, 0.6) is 5.75 Å². The first-order chi connectivity index (χ1) is 8.43. The molecule has 1 aliphatic rings. The van der Waals surface area contributed by atoms with Crippen molar-refractivity contribution in [3.05, 3.63) is 40.6 Å². The maximum atomic E-state index is 12.5. The first kappa shape index (κ1) is 12.8. The third kappa shape index (κ3) is 2.28. The van der Waals surface area contributed by atoms with Gasteiger partial charge in [-0.2, -0.15) is 13.2 Å². The van der Waals surface area contributed by atoms with E-state index in [0.29, 0.717) is 11.3 Å². The number of hydrogen-bond acceptors (Lipinski definition) is 2. The Hall–Kier alpha value is -1.69. The molecule has 2 rings (SSSR count). The second kappa shape index (κ2) is 4.53. The van der Waals surface area contributed by atoms with Crippen LogP contribution >= 0.6 is 11.6 Å². The standard InChI is InChI=1S/C11H7ClF3N2O/c1-18-7-4-2-3-6(5-7)9-8(12)10(17-16-9)11(13,14)15/h2-5H,1H3. The van der Waals surface area contributed by atoms with E-state index in [-0.39, 0.29) is 5.71 Å². The van der Waals surface area contributed by atoms with Crippen LogP contribution in [-0.4, -0.2) is 19.0 Å². The zero-order chi connectivity index (χ0) is 13.3. The molecule has 0 aliphatic carbocycles. The Kier molecular flexibility index (Phi) is 3.21. The minimum atomic E-state index is -4.61. The van der Waals surface area contributed by atoms with Crippen molar-refractivity contribution in [3.63, 3.8) is 0 Å². The smallest absolute Gasteiger partial charge is 0.436 e. The van der Waals surface area contributed by atoms with E-state index in [1.807, 2.05) is 0 Å². The number of methoxy groups -OCH3 is 1. The van der Waals surface area contributed by atoms with E-state index in [4.69, 9.17) is 16.3 Å². The number of allylic oxidation sites excluding steroid dienone is 2. The van der Waals surface area contributed by atoms with Crippen LogP contribution in [0.2, 0.25) is 0 Å². The lowest BCUT2D eigenvalue weighted by Gasteiger charge is -2.06. The maximum Gasteiger partial charge on any atom is 0.436 e.